The Balaban J connectivity index is 2.55. The third-order valence-corrected chi connectivity index (χ3v) is 3.21. The number of benzene rings is 1. The molecule has 112 valence electrons. The summed E-state index contributed by atoms with van der Waals surface area (Å²) in [5.41, 5.74) is 2.22. The van der Waals surface area contributed by atoms with Crippen molar-refractivity contribution < 1.29 is 9.47 Å². The maximum absolute atomic E-state index is 5.95. The molecule has 0 saturated heterocycles. The number of ether oxygens (including phenoxy) is 2. The van der Waals surface area contributed by atoms with Crippen LogP contribution in [0.3, 0.4) is 0 Å². The van der Waals surface area contributed by atoms with Gasteiger partial charge in [-0.3, -0.25) is 0 Å². The van der Waals surface area contributed by atoms with Gasteiger partial charge in [0.1, 0.15) is 5.75 Å². The maximum Gasteiger partial charge on any atom is 0.199 e. The Morgan fingerprint density at radius 2 is 1.75 bits per heavy atom. The van der Waals surface area contributed by atoms with Crippen LogP contribution in [0.2, 0.25) is 0 Å². The summed E-state index contributed by atoms with van der Waals surface area (Å²) in [6.45, 7) is 11.1. The van der Waals surface area contributed by atoms with Crippen molar-refractivity contribution in [2.45, 2.75) is 59.2 Å². The van der Waals surface area contributed by atoms with E-state index in [2.05, 4.69) is 20.4 Å². The van der Waals surface area contributed by atoms with Gasteiger partial charge in [0.05, 0.1) is 6.61 Å². The summed E-state index contributed by atoms with van der Waals surface area (Å²) >= 11 is 0. The second kappa shape index (κ2) is 9.60. The highest BCUT2D eigenvalue weighted by atomic mass is 16.7. The van der Waals surface area contributed by atoms with Crippen LogP contribution in [0.25, 0.3) is 5.57 Å². The van der Waals surface area contributed by atoms with E-state index in [9.17, 15) is 0 Å². The smallest absolute Gasteiger partial charge is 0.199 e. The lowest BCUT2D eigenvalue weighted by atomic mass is 10.1. The van der Waals surface area contributed by atoms with Crippen molar-refractivity contribution in [2.75, 3.05) is 6.61 Å². The molecule has 0 spiro atoms. The van der Waals surface area contributed by atoms with Gasteiger partial charge in [-0.1, -0.05) is 51.0 Å². The molecule has 0 aromatic heterocycles. The highest BCUT2D eigenvalue weighted by Crippen LogP contribution is 2.20. The van der Waals surface area contributed by atoms with E-state index in [1.54, 1.807) is 0 Å². The molecular weight excluding hydrogens is 248 g/mol. The molecule has 0 radical (unpaired) electrons. The Morgan fingerprint density at radius 1 is 1.10 bits per heavy atom. The summed E-state index contributed by atoms with van der Waals surface area (Å²) in [7, 11) is 0. The molecule has 0 saturated carbocycles. The molecule has 1 unspecified atom stereocenters. The van der Waals surface area contributed by atoms with E-state index in [0.717, 1.165) is 55.6 Å². The van der Waals surface area contributed by atoms with E-state index in [-0.39, 0.29) is 6.29 Å². The van der Waals surface area contributed by atoms with Crippen LogP contribution >= 0.6 is 0 Å². The lowest BCUT2D eigenvalue weighted by molar-refractivity contribution is -0.0861. The van der Waals surface area contributed by atoms with E-state index < -0.39 is 0 Å². The summed E-state index contributed by atoms with van der Waals surface area (Å²) in [5.74, 6) is 0.868. The van der Waals surface area contributed by atoms with Crippen LogP contribution < -0.4 is 4.74 Å². The second-order valence-corrected chi connectivity index (χ2v) is 5.22. The summed E-state index contributed by atoms with van der Waals surface area (Å²) in [5, 5.41) is 0. The van der Waals surface area contributed by atoms with Crippen molar-refractivity contribution in [1.82, 2.24) is 0 Å². The zero-order valence-electron chi connectivity index (χ0n) is 13.2. The van der Waals surface area contributed by atoms with Crippen LogP contribution in [0, 0.1) is 0 Å². The zero-order chi connectivity index (χ0) is 14.8. The van der Waals surface area contributed by atoms with Gasteiger partial charge in [-0.25, -0.2) is 0 Å². The fourth-order valence-electron chi connectivity index (χ4n) is 1.88. The first kappa shape index (κ1) is 16.8. The Hall–Kier alpha value is -1.28. The maximum atomic E-state index is 5.95. The van der Waals surface area contributed by atoms with Gasteiger partial charge in [0, 0.05) is 6.42 Å². The first-order valence-corrected chi connectivity index (χ1v) is 7.71. The van der Waals surface area contributed by atoms with Crippen LogP contribution in [0.1, 0.15) is 58.4 Å². The van der Waals surface area contributed by atoms with Crippen molar-refractivity contribution in [3.63, 3.8) is 0 Å². The van der Waals surface area contributed by atoms with E-state index in [1.165, 1.54) is 0 Å². The molecule has 2 heteroatoms. The van der Waals surface area contributed by atoms with E-state index in [1.807, 2.05) is 31.2 Å². The topological polar surface area (TPSA) is 18.5 Å². The molecule has 0 aliphatic carbocycles. The van der Waals surface area contributed by atoms with E-state index >= 15 is 0 Å². The second-order valence-electron chi connectivity index (χ2n) is 5.22. The fraction of sp³-hybridized carbons (Fsp3) is 0.556. The molecule has 0 heterocycles. The van der Waals surface area contributed by atoms with Crippen LogP contribution in [-0.4, -0.2) is 12.9 Å². The van der Waals surface area contributed by atoms with Crippen molar-refractivity contribution in [1.29, 1.82) is 0 Å². The molecular formula is C18H28O2. The monoisotopic (exact) mass is 276 g/mol. The number of unbranched alkanes of at least 4 members (excludes halogenated alkanes) is 2. The Kier molecular flexibility index (Phi) is 8.05. The molecule has 1 atom stereocenters. The number of hydrogen-bond donors (Lipinski definition) is 0. The number of rotatable bonds is 10. The summed E-state index contributed by atoms with van der Waals surface area (Å²) < 4.78 is 11.8. The Bertz CT molecular complexity index is 381. The van der Waals surface area contributed by atoms with Crippen LogP contribution in [0.15, 0.2) is 30.8 Å². The first-order chi connectivity index (χ1) is 9.67. The SMILES string of the molecule is C=C(C)c1ccc(OC(CCCC)OCCCC)cc1. The molecule has 2 nitrogen and oxygen atoms in total. The average Bonchev–Trinajstić information content (AvgIpc) is 2.45. The zero-order valence-corrected chi connectivity index (χ0v) is 13.2. The van der Waals surface area contributed by atoms with Gasteiger partial charge in [0.25, 0.3) is 0 Å². The first-order valence-electron chi connectivity index (χ1n) is 7.71. The van der Waals surface area contributed by atoms with Gasteiger partial charge < -0.3 is 9.47 Å². The van der Waals surface area contributed by atoms with Gasteiger partial charge in [0.2, 0.25) is 0 Å². The van der Waals surface area contributed by atoms with Crippen molar-refractivity contribution >= 4 is 5.57 Å². The number of hydrogen-bond acceptors (Lipinski definition) is 2. The van der Waals surface area contributed by atoms with Crippen molar-refractivity contribution in [3.05, 3.63) is 36.4 Å². The van der Waals surface area contributed by atoms with Gasteiger partial charge >= 0.3 is 0 Å². The molecule has 0 fully saturated rings. The Morgan fingerprint density at radius 3 is 2.30 bits per heavy atom. The normalized spacial score (nSPS) is 12.2. The summed E-state index contributed by atoms with van der Waals surface area (Å²) in [6.07, 6.45) is 5.33. The molecule has 0 aliphatic rings. The molecule has 1 aromatic rings. The summed E-state index contributed by atoms with van der Waals surface area (Å²) in [6, 6.07) is 8.07. The average molecular weight is 276 g/mol. The van der Waals surface area contributed by atoms with Crippen molar-refractivity contribution in [3.8, 4) is 5.75 Å². The fourth-order valence-corrected chi connectivity index (χ4v) is 1.88. The van der Waals surface area contributed by atoms with Gasteiger partial charge in [0.15, 0.2) is 6.29 Å². The minimum absolute atomic E-state index is 0.128. The highest BCUT2D eigenvalue weighted by Gasteiger charge is 2.10. The third-order valence-electron chi connectivity index (χ3n) is 3.21. The minimum Gasteiger partial charge on any atom is -0.465 e. The lowest BCUT2D eigenvalue weighted by Gasteiger charge is -2.19. The predicted octanol–water partition coefficient (Wildman–Crippen LogP) is 5.43. The van der Waals surface area contributed by atoms with Crippen LogP contribution in [0.5, 0.6) is 5.75 Å². The highest BCUT2D eigenvalue weighted by molar-refractivity contribution is 5.61. The van der Waals surface area contributed by atoms with Crippen LogP contribution in [-0.2, 0) is 4.74 Å². The standard InChI is InChI=1S/C18H28O2/c1-5-7-9-18(19-14-8-6-2)20-17-12-10-16(11-13-17)15(3)4/h10-13,18H,3,5-9,14H2,1-2,4H3. The quantitative estimate of drug-likeness (QED) is 0.419. The van der Waals surface area contributed by atoms with E-state index in [4.69, 9.17) is 9.47 Å². The molecule has 1 rings (SSSR count). The van der Waals surface area contributed by atoms with Gasteiger partial charge in [-0.05, 0) is 37.5 Å². The third kappa shape index (κ3) is 6.25. The van der Waals surface area contributed by atoms with Gasteiger partial charge in [-0.15, -0.1) is 0 Å². The molecule has 0 N–H and O–H groups in total. The molecule has 1 aromatic carbocycles. The Labute approximate surface area is 123 Å². The molecule has 0 amide bonds. The number of allylic oxidation sites excluding steroid dienone is 1. The van der Waals surface area contributed by atoms with Crippen molar-refractivity contribution in [2.24, 2.45) is 0 Å². The minimum atomic E-state index is -0.128. The summed E-state index contributed by atoms with van der Waals surface area (Å²) in [4.78, 5) is 0. The molecule has 0 aliphatic heterocycles. The molecule has 20 heavy (non-hydrogen) atoms. The molecule has 0 bridgehead atoms. The predicted molar refractivity (Wildman–Crippen MR) is 86.0 cm³/mol. The van der Waals surface area contributed by atoms with E-state index in [0.29, 0.717) is 0 Å². The lowest BCUT2D eigenvalue weighted by Crippen LogP contribution is -2.21. The largest absolute Gasteiger partial charge is 0.465 e. The van der Waals surface area contributed by atoms with Crippen LogP contribution in [0.4, 0.5) is 0 Å². The van der Waals surface area contributed by atoms with Gasteiger partial charge in [-0.2, -0.15) is 0 Å².